The van der Waals surface area contributed by atoms with Crippen molar-refractivity contribution < 1.29 is 32.0 Å². The van der Waals surface area contributed by atoms with Gasteiger partial charge < -0.3 is 18.8 Å². The molecule has 20 heteroatoms. The third kappa shape index (κ3) is 28.4. The zero-order valence-corrected chi connectivity index (χ0v) is 30.5. The zero-order valence-electron chi connectivity index (χ0n) is 27.0. The van der Waals surface area contributed by atoms with Gasteiger partial charge in [0.2, 0.25) is 0 Å². The molecule has 0 saturated heterocycles. The first-order chi connectivity index (χ1) is 17.1. The van der Waals surface area contributed by atoms with E-state index >= 15 is 0 Å². The molecule has 0 radical (unpaired) electrons. The molecular weight excluding hydrogens is 600 g/mol. The van der Waals surface area contributed by atoms with E-state index in [9.17, 15) is 27.6 Å². The van der Waals surface area contributed by atoms with E-state index in [1.807, 2.05) is 0 Å². The van der Waals surface area contributed by atoms with Crippen LogP contribution in [0.3, 0.4) is 0 Å². The lowest BCUT2D eigenvalue weighted by Gasteiger charge is -2.53. The summed E-state index contributed by atoms with van der Waals surface area (Å²) >= 11 is 0.361. The molecule has 0 aliphatic heterocycles. The van der Waals surface area contributed by atoms with Gasteiger partial charge in [0.1, 0.15) is 0 Å². The van der Waals surface area contributed by atoms with Crippen molar-refractivity contribution in [3.05, 3.63) is 0 Å². The Kier molecular flexibility index (Phi) is 26.4. The Morgan fingerprint density at radius 2 is 0.538 bits per heavy atom. The minimum absolute atomic E-state index is 0.120. The van der Waals surface area contributed by atoms with Crippen LogP contribution in [0.25, 0.3) is 0 Å². The van der Waals surface area contributed by atoms with Gasteiger partial charge in [-0.1, -0.05) is 38.7 Å². The van der Waals surface area contributed by atoms with Crippen molar-refractivity contribution in [1.29, 1.82) is 0 Å². The molecule has 0 aliphatic carbocycles. The predicted octanol–water partition coefficient (Wildman–Crippen LogP) is -2.86. The SMILES string of the molecule is CN(C)[S+](N(C)C)N(C)C.CN(C)[S+](N(C)C)N(C)C.CN(C)[S+](N(C)C)N(C)C.[O-][Si]([O-])([O-])OC(F)(F)F. The van der Waals surface area contributed by atoms with Crippen molar-refractivity contribution in [2.75, 3.05) is 127 Å². The molecule has 0 aromatic carbocycles. The maximum atomic E-state index is 10.8. The third-order valence-corrected chi connectivity index (χ3v) is 9.54. The molecule has 13 nitrogen and oxygen atoms in total. The Labute approximate surface area is 247 Å². The van der Waals surface area contributed by atoms with Crippen LogP contribution in [0.1, 0.15) is 0 Å². The van der Waals surface area contributed by atoms with E-state index < -0.39 is 15.4 Å². The molecule has 0 amide bonds. The molecule has 242 valence electrons. The van der Waals surface area contributed by atoms with E-state index in [1.54, 1.807) is 0 Å². The Bertz CT molecular complexity index is 466. The van der Waals surface area contributed by atoms with Gasteiger partial charge in [-0.15, -0.1) is 22.2 Å². The minimum Gasteiger partial charge on any atom is -0.861 e. The van der Waals surface area contributed by atoms with Crippen LogP contribution in [0.2, 0.25) is 0 Å². The van der Waals surface area contributed by atoms with Gasteiger partial charge in [0.05, 0.1) is 0 Å². The average molecular weight is 654 g/mol. The van der Waals surface area contributed by atoms with Gasteiger partial charge in [-0.05, 0) is 0 Å². The van der Waals surface area contributed by atoms with Crippen molar-refractivity contribution in [3.8, 4) is 0 Å². The highest BCUT2D eigenvalue weighted by Gasteiger charge is 2.31. The molecule has 0 fully saturated rings. The summed E-state index contributed by atoms with van der Waals surface area (Å²) in [6.07, 6.45) is -5.39. The number of rotatable bonds is 10. The van der Waals surface area contributed by atoms with Crippen LogP contribution in [-0.4, -0.2) is 181 Å². The van der Waals surface area contributed by atoms with Gasteiger partial charge in [0, 0.05) is 127 Å². The molecule has 0 saturated carbocycles. The first kappa shape index (κ1) is 46.5. The largest absolute Gasteiger partial charge is 0.861 e. The maximum absolute atomic E-state index is 10.8. The van der Waals surface area contributed by atoms with Crippen LogP contribution >= 0.6 is 0 Å². The Hall–Kier alpha value is 0.537. The van der Waals surface area contributed by atoms with E-state index in [0.717, 1.165) is 0 Å². The first-order valence-corrected chi connectivity index (χ1v) is 16.2. The third-order valence-electron chi connectivity index (χ3n) is 3.18. The fraction of sp³-hybridized carbons (Fsp3) is 1.00. The van der Waals surface area contributed by atoms with E-state index in [1.165, 1.54) is 0 Å². The molecular formula is C19H54F3N9O4S3Si. The van der Waals surface area contributed by atoms with Gasteiger partial charge >= 0.3 is 6.36 Å². The van der Waals surface area contributed by atoms with Gasteiger partial charge in [-0.25, -0.2) is 0 Å². The number of nitrogens with zero attached hydrogens (tertiary/aromatic N) is 9. The highest BCUT2D eigenvalue weighted by molar-refractivity contribution is 7.90. The van der Waals surface area contributed by atoms with Crippen LogP contribution in [0.5, 0.6) is 0 Å². The molecule has 0 spiro atoms. The molecule has 0 N–H and O–H groups in total. The molecule has 39 heavy (non-hydrogen) atoms. The Morgan fingerprint density at radius 1 is 0.410 bits per heavy atom. The Morgan fingerprint density at radius 3 is 0.538 bits per heavy atom. The molecule has 0 aliphatic rings. The second kappa shape index (κ2) is 22.1. The van der Waals surface area contributed by atoms with Gasteiger partial charge in [-0.2, -0.15) is 0 Å². The van der Waals surface area contributed by atoms with Crippen molar-refractivity contribution in [1.82, 2.24) is 38.7 Å². The molecule has 0 rings (SSSR count). The summed E-state index contributed by atoms with van der Waals surface area (Å²) in [5.41, 5.74) is 0. The zero-order chi connectivity index (χ0) is 32.6. The molecule has 0 aromatic rings. The summed E-state index contributed by atoms with van der Waals surface area (Å²) in [4.78, 5) is 27.6. The highest BCUT2D eigenvalue weighted by Crippen LogP contribution is 2.16. The summed E-state index contributed by atoms with van der Waals surface area (Å²) in [7, 11) is 31.4. The van der Waals surface area contributed by atoms with Crippen molar-refractivity contribution >= 4 is 43.4 Å². The molecule has 0 heterocycles. The topological polar surface area (TPSA) is 108 Å². The lowest BCUT2D eigenvalue weighted by molar-refractivity contribution is -0.562. The van der Waals surface area contributed by atoms with Crippen molar-refractivity contribution in [2.24, 2.45) is 0 Å². The lowest BCUT2D eigenvalue weighted by Crippen LogP contribution is -2.76. The first-order valence-electron chi connectivity index (χ1n) is 11.3. The number of hydrogen-bond acceptors (Lipinski definition) is 13. The molecule has 0 unspecified atom stereocenters. The highest BCUT2D eigenvalue weighted by atomic mass is 32.2. The summed E-state index contributed by atoms with van der Waals surface area (Å²) in [5, 5.41) is 0. The predicted molar refractivity (Wildman–Crippen MR) is 158 cm³/mol. The fourth-order valence-electron chi connectivity index (χ4n) is 3.08. The smallest absolute Gasteiger partial charge is 0.508 e. The van der Waals surface area contributed by atoms with Gasteiger partial charge in [0.15, 0.2) is 0 Å². The van der Waals surface area contributed by atoms with Gasteiger partial charge in [0.25, 0.3) is 34.4 Å². The van der Waals surface area contributed by atoms with E-state index in [2.05, 4.69) is 170 Å². The van der Waals surface area contributed by atoms with Crippen LogP contribution in [-0.2, 0) is 38.8 Å². The standard InChI is InChI=1S/3C6H18N3S.CF3O4Si/c3*1-7(2)10(8(3)4)9(5)6;2-1(3,4)8-9(5,6)7/h3*1-6H3;/q3*+1;-3. The monoisotopic (exact) mass is 653 g/mol. The second-order valence-electron chi connectivity index (χ2n) is 9.09. The summed E-state index contributed by atoms with van der Waals surface area (Å²) < 4.78 is 54.1. The van der Waals surface area contributed by atoms with E-state index in [4.69, 9.17) is 0 Å². The molecule has 0 bridgehead atoms. The van der Waals surface area contributed by atoms with Crippen LogP contribution in [0.15, 0.2) is 0 Å². The summed E-state index contributed by atoms with van der Waals surface area (Å²) in [6, 6.07) is 0. The lowest BCUT2D eigenvalue weighted by atomic mass is 11.2. The normalized spacial score (nSPS) is 12.9. The number of halogens is 3. The Balaban J connectivity index is -0.000000210. The number of hydrogen-bond donors (Lipinski definition) is 0. The summed E-state index contributed by atoms with van der Waals surface area (Å²) in [6.45, 7) is 0. The quantitative estimate of drug-likeness (QED) is 0.179. The van der Waals surface area contributed by atoms with E-state index in [-0.39, 0.29) is 34.4 Å². The van der Waals surface area contributed by atoms with Crippen molar-refractivity contribution in [3.63, 3.8) is 0 Å². The van der Waals surface area contributed by atoms with Crippen molar-refractivity contribution in [2.45, 2.75) is 6.36 Å². The minimum atomic E-state index is -6.17. The van der Waals surface area contributed by atoms with E-state index in [0.29, 0.717) is 0 Å². The second-order valence-corrected chi connectivity index (χ2v) is 18.3. The maximum Gasteiger partial charge on any atom is 0.508 e. The summed E-state index contributed by atoms with van der Waals surface area (Å²) in [5.74, 6) is 0. The van der Waals surface area contributed by atoms with Crippen LogP contribution in [0.4, 0.5) is 13.2 Å². The molecule has 0 aromatic heterocycles. The fourth-order valence-corrected chi connectivity index (χ4v) is 9.24. The van der Waals surface area contributed by atoms with Gasteiger partial charge in [-0.3, -0.25) is 0 Å². The molecule has 0 atom stereocenters. The van der Waals surface area contributed by atoms with Crippen LogP contribution in [0, 0.1) is 0 Å². The van der Waals surface area contributed by atoms with Crippen LogP contribution < -0.4 is 14.4 Å². The number of alkyl halides is 3. The average Bonchev–Trinajstić information content (AvgIpc) is 2.56.